The van der Waals surface area contributed by atoms with Crippen LogP contribution in [0.25, 0.3) is 0 Å². The van der Waals surface area contributed by atoms with Crippen molar-refractivity contribution in [2.45, 2.75) is 39.5 Å². The predicted octanol–water partition coefficient (Wildman–Crippen LogP) is 4.26. The predicted molar refractivity (Wildman–Crippen MR) is 98.7 cm³/mol. The summed E-state index contributed by atoms with van der Waals surface area (Å²) in [5, 5.41) is 3.52. The Morgan fingerprint density at radius 2 is 1.96 bits per heavy atom. The zero-order valence-electron chi connectivity index (χ0n) is 13.6. The summed E-state index contributed by atoms with van der Waals surface area (Å²) in [7, 11) is 0. The molecule has 3 N–H and O–H groups in total. The average molecular weight is 387 g/mol. The van der Waals surface area contributed by atoms with E-state index in [2.05, 4.69) is 5.32 Å². The number of rotatable bonds is 4. The van der Waals surface area contributed by atoms with E-state index in [0.29, 0.717) is 10.6 Å². The van der Waals surface area contributed by atoms with Crippen molar-refractivity contribution in [3.63, 3.8) is 0 Å². The zero-order valence-corrected chi connectivity index (χ0v) is 15.9. The van der Waals surface area contributed by atoms with Gasteiger partial charge in [0.2, 0.25) is 5.91 Å². The second kappa shape index (κ2) is 6.36. The van der Waals surface area contributed by atoms with Crippen LogP contribution in [-0.2, 0) is 17.6 Å². The molecule has 2 atom stereocenters. The quantitative estimate of drug-likeness (QED) is 0.811. The summed E-state index contributed by atoms with van der Waals surface area (Å²) in [4.78, 5) is 25.8. The number of nitrogens with one attached hydrogen (secondary N) is 1. The molecule has 2 aliphatic carbocycles. The minimum Gasteiger partial charge on any atom is -0.365 e. The number of thiophene rings is 1. The molecule has 7 heteroatoms. The second-order valence-electron chi connectivity index (χ2n) is 7.05. The van der Waals surface area contributed by atoms with Crippen molar-refractivity contribution in [2.24, 2.45) is 23.0 Å². The summed E-state index contributed by atoms with van der Waals surface area (Å²) in [6.07, 6.45) is 5.66. The molecule has 1 saturated carbocycles. The number of carbonyl (C=O) groups is 2. The monoisotopic (exact) mass is 386 g/mol. The SMILES string of the molecule is CC1(C)[C@H](C(=O)Nc2sc3c(c2C(N)=O)CCCC3)[C@@H]1C=C(Cl)Cl. The molecule has 1 aromatic rings. The topological polar surface area (TPSA) is 72.2 Å². The number of hydrogen-bond donors (Lipinski definition) is 2. The molecule has 2 amide bonds. The number of allylic oxidation sites excluding steroid dienone is 1. The van der Waals surface area contributed by atoms with Gasteiger partial charge in [0.05, 0.1) is 11.5 Å². The van der Waals surface area contributed by atoms with Crippen LogP contribution in [0.15, 0.2) is 10.6 Å². The Labute approximate surface area is 155 Å². The van der Waals surface area contributed by atoms with Crippen LogP contribution in [0.2, 0.25) is 0 Å². The number of hydrogen-bond acceptors (Lipinski definition) is 3. The fourth-order valence-electron chi connectivity index (χ4n) is 3.73. The molecular weight excluding hydrogens is 367 g/mol. The molecule has 2 aliphatic rings. The van der Waals surface area contributed by atoms with Gasteiger partial charge >= 0.3 is 0 Å². The lowest BCUT2D eigenvalue weighted by atomic mass is 9.95. The summed E-state index contributed by atoms with van der Waals surface area (Å²) < 4.78 is 0.174. The molecule has 130 valence electrons. The first-order valence-corrected chi connectivity index (χ1v) is 9.58. The van der Waals surface area contributed by atoms with Crippen LogP contribution >= 0.6 is 34.5 Å². The lowest BCUT2D eigenvalue weighted by Crippen LogP contribution is -2.20. The molecule has 0 saturated heterocycles. The van der Waals surface area contributed by atoms with Gasteiger partial charge in [0, 0.05) is 4.88 Å². The van der Waals surface area contributed by atoms with Gasteiger partial charge in [0.1, 0.15) is 9.49 Å². The molecule has 0 aliphatic heterocycles. The van der Waals surface area contributed by atoms with Gasteiger partial charge in [-0.25, -0.2) is 0 Å². The van der Waals surface area contributed by atoms with E-state index in [1.165, 1.54) is 16.2 Å². The number of primary amides is 1. The third-order valence-electron chi connectivity index (χ3n) is 5.15. The first kappa shape index (κ1) is 17.8. The van der Waals surface area contributed by atoms with E-state index in [-0.39, 0.29) is 27.6 Å². The number of amides is 2. The number of halogens is 2. The average Bonchev–Trinajstić information content (AvgIpc) is 2.85. The maximum Gasteiger partial charge on any atom is 0.251 e. The van der Waals surface area contributed by atoms with E-state index in [4.69, 9.17) is 28.9 Å². The molecule has 0 unspecified atom stereocenters. The summed E-state index contributed by atoms with van der Waals surface area (Å²) in [6, 6.07) is 0. The molecule has 0 radical (unpaired) electrons. The van der Waals surface area contributed by atoms with Crippen LogP contribution < -0.4 is 11.1 Å². The normalized spacial score (nSPS) is 24.0. The van der Waals surface area contributed by atoms with Crippen LogP contribution in [0.3, 0.4) is 0 Å². The van der Waals surface area contributed by atoms with Gasteiger partial charge in [-0.15, -0.1) is 11.3 Å². The van der Waals surface area contributed by atoms with E-state index in [1.54, 1.807) is 6.08 Å². The lowest BCUT2D eigenvalue weighted by molar-refractivity contribution is -0.118. The fraction of sp³-hybridized carbons (Fsp3) is 0.529. The largest absolute Gasteiger partial charge is 0.365 e. The third-order valence-corrected chi connectivity index (χ3v) is 6.61. The second-order valence-corrected chi connectivity index (χ2v) is 9.16. The number of aryl methyl sites for hydroxylation is 1. The first-order chi connectivity index (χ1) is 11.2. The molecule has 4 nitrogen and oxygen atoms in total. The van der Waals surface area contributed by atoms with Gasteiger partial charge in [0.25, 0.3) is 5.91 Å². The first-order valence-electron chi connectivity index (χ1n) is 8.01. The van der Waals surface area contributed by atoms with E-state index < -0.39 is 5.91 Å². The van der Waals surface area contributed by atoms with Gasteiger partial charge < -0.3 is 11.1 Å². The van der Waals surface area contributed by atoms with Gasteiger partial charge in [-0.3, -0.25) is 9.59 Å². The molecule has 1 fully saturated rings. The van der Waals surface area contributed by atoms with Crippen molar-refractivity contribution in [2.75, 3.05) is 5.32 Å². The van der Waals surface area contributed by atoms with Gasteiger partial charge in [-0.05, 0) is 48.7 Å². The van der Waals surface area contributed by atoms with Gasteiger partial charge in [-0.1, -0.05) is 37.0 Å². The molecule has 1 heterocycles. The maximum absolute atomic E-state index is 12.7. The van der Waals surface area contributed by atoms with E-state index in [0.717, 1.165) is 31.2 Å². The third kappa shape index (κ3) is 3.09. The van der Waals surface area contributed by atoms with E-state index in [1.807, 2.05) is 13.8 Å². The smallest absolute Gasteiger partial charge is 0.251 e. The highest BCUT2D eigenvalue weighted by Gasteiger charge is 2.60. The highest BCUT2D eigenvalue weighted by atomic mass is 35.5. The standard InChI is InChI=1S/C17H20Cl2N2O2S/c1-17(2)9(7-11(18)19)13(17)15(23)21-16-12(14(20)22)8-5-3-4-6-10(8)24-16/h7,9,13H,3-6H2,1-2H3,(H2,20,22)(H,21,23)/t9-,13-/m0/s1. The molecular formula is C17H20Cl2N2O2S. The Morgan fingerprint density at radius 3 is 2.58 bits per heavy atom. The van der Waals surface area contributed by atoms with Crippen LogP contribution in [0.5, 0.6) is 0 Å². The Bertz CT molecular complexity index is 735. The number of fused-ring (bicyclic) bond motifs is 1. The molecule has 0 bridgehead atoms. The van der Waals surface area contributed by atoms with Crippen LogP contribution in [0.4, 0.5) is 5.00 Å². The van der Waals surface area contributed by atoms with Crippen molar-refractivity contribution in [3.05, 3.63) is 26.6 Å². The van der Waals surface area contributed by atoms with Crippen LogP contribution in [0.1, 0.15) is 47.5 Å². The molecule has 1 aromatic heterocycles. The minimum absolute atomic E-state index is 0.00545. The number of nitrogens with two attached hydrogens (primary N) is 1. The Morgan fingerprint density at radius 1 is 1.29 bits per heavy atom. The van der Waals surface area contributed by atoms with Crippen molar-refractivity contribution >= 4 is 51.4 Å². The van der Waals surface area contributed by atoms with Crippen molar-refractivity contribution in [3.8, 4) is 0 Å². The number of carbonyl (C=O) groups excluding carboxylic acids is 2. The summed E-state index contributed by atoms with van der Waals surface area (Å²) in [6.45, 7) is 4.01. The van der Waals surface area contributed by atoms with Gasteiger partial charge in [0.15, 0.2) is 0 Å². The Hall–Kier alpha value is -1.04. The van der Waals surface area contributed by atoms with Crippen molar-refractivity contribution < 1.29 is 9.59 Å². The summed E-state index contributed by atoms with van der Waals surface area (Å²) >= 11 is 13.0. The van der Waals surface area contributed by atoms with E-state index >= 15 is 0 Å². The zero-order chi connectivity index (χ0) is 17.6. The Kier molecular flexibility index (Phi) is 4.71. The highest BCUT2D eigenvalue weighted by molar-refractivity contribution is 7.17. The molecule has 0 spiro atoms. The molecule has 0 aromatic carbocycles. The highest BCUT2D eigenvalue weighted by Crippen LogP contribution is 2.60. The lowest BCUT2D eigenvalue weighted by Gasteiger charge is -2.11. The maximum atomic E-state index is 12.7. The van der Waals surface area contributed by atoms with Crippen LogP contribution in [-0.4, -0.2) is 11.8 Å². The Balaban J connectivity index is 1.84. The molecule has 3 rings (SSSR count). The van der Waals surface area contributed by atoms with Gasteiger partial charge in [-0.2, -0.15) is 0 Å². The number of anilines is 1. The van der Waals surface area contributed by atoms with E-state index in [9.17, 15) is 9.59 Å². The van der Waals surface area contributed by atoms with Crippen molar-refractivity contribution in [1.29, 1.82) is 0 Å². The molecule has 24 heavy (non-hydrogen) atoms. The van der Waals surface area contributed by atoms with Crippen molar-refractivity contribution in [1.82, 2.24) is 0 Å². The summed E-state index contributed by atoms with van der Waals surface area (Å²) in [5.74, 6) is -0.809. The summed E-state index contributed by atoms with van der Waals surface area (Å²) in [5.41, 5.74) is 6.87. The van der Waals surface area contributed by atoms with Crippen LogP contribution in [0, 0.1) is 17.3 Å². The fourth-order valence-corrected chi connectivity index (χ4v) is 5.30. The minimum atomic E-state index is -0.472.